The molecular weight excluding hydrogens is 591 g/mol. The van der Waals surface area contributed by atoms with Crippen LogP contribution in [0.4, 0.5) is 0 Å². The van der Waals surface area contributed by atoms with Gasteiger partial charge in [-0.3, -0.25) is 0 Å². The van der Waals surface area contributed by atoms with Gasteiger partial charge in [0.1, 0.15) is 17.1 Å². The summed E-state index contributed by atoms with van der Waals surface area (Å²) in [5.74, 6) is 2.89. The summed E-state index contributed by atoms with van der Waals surface area (Å²) in [4.78, 5) is 25.3. The number of esters is 2. The van der Waals surface area contributed by atoms with Crippen LogP contribution in [-0.2, 0) is 9.53 Å². The predicted octanol–water partition coefficient (Wildman–Crippen LogP) is 3.17. The van der Waals surface area contributed by atoms with Crippen molar-refractivity contribution in [2.24, 2.45) is 23.7 Å². The molecule has 0 aliphatic heterocycles. The number of hydrogen-bond acceptors (Lipinski definition) is 5. The number of carbonyl (C=O) groups excluding carboxylic acids is 2. The van der Waals surface area contributed by atoms with E-state index < -0.39 is 5.97 Å². The fourth-order valence-corrected chi connectivity index (χ4v) is 8.94. The van der Waals surface area contributed by atoms with E-state index in [0.29, 0.717) is 28.9 Å². The largest absolute Gasteiger partial charge is 0.482 e. The van der Waals surface area contributed by atoms with Crippen molar-refractivity contribution in [2.75, 3.05) is 6.61 Å². The van der Waals surface area contributed by atoms with Crippen molar-refractivity contribution < 1.29 is 45.0 Å². The summed E-state index contributed by atoms with van der Waals surface area (Å²) >= 11 is -0.261. The van der Waals surface area contributed by atoms with Gasteiger partial charge in [-0.25, -0.2) is 9.59 Å². The molecule has 3 aromatic carbocycles. The summed E-state index contributed by atoms with van der Waals surface area (Å²) in [7, 11) is 0. The highest BCUT2D eigenvalue weighted by Crippen LogP contribution is 2.59. The Labute approximate surface area is 234 Å². The smallest absolute Gasteiger partial charge is 0.357 e. The van der Waals surface area contributed by atoms with Gasteiger partial charge in [0.05, 0.1) is 5.56 Å². The summed E-state index contributed by atoms with van der Waals surface area (Å²) < 4.78 is 19.9. The first-order valence-electron chi connectivity index (χ1n) is 13.4. The number of benzene rings is 3. The molecule has 4 fully saturated rings. The van der Waals surface area contributed by atoms with Crippen LogP contribution in [0.5, 0.6) is 11.5 Å². The van der Waals surface area contributed by atoms with Gasteiger partial charge in [0, 0.05) is 0 Å². The van der Waals surface area contributed by atoms with Crippen molar-refractivity contribution in [1.82, 2.24) is 0 Å². The zero-order valence-electron chi connectivity index (χ0n) is 21.5. The van der Waals surface area contributed by atoms with Crippen LogP contribution in [0.3, 0.4) is 0 Å². The van der Waals surface area contributed by atoms with E-state index in [9.17, 15) is 9.59 Å². The Balaban J connectivity index is 0.988. The lowest BCUT2D eigenvalue weighted by atomic mass is 9.50. The Hall–Kier alpha value is -2.87. The topological polar surface area (TPSA) is 61.8 Å². The average molecular weight is 624 g/mol. The zero-order valence-corrected chi connectivity index (χ0v) is 23.6. The lowest BCUT2D eigenvalue weighted by Gasteiger charge is -2.59. The molecule has 0 atom stereocenters. The lowest BCUT2D eigenvalue weighted by Crippen LogP contribution is -3.61. The maximum atomic E-state index is 12.7. The van der Waals surface area contributed by atoms with E-state index in [1.807, 2.05) is 30.3 Å². The van der Waals surface area contributed by atoms with E-state index in [2.05, 4.69) is 31.2 Å². The van der Waals surface area contributed by atoms with Gasteiger partial charge in [-0.15, -0.1) is 0 Å². The van der Waals surface area contributed by atoms with Crippen LogP contribution >= 0.6 is 0 Å². The van der Waals surface area contributed by atoms with E-state index >= 15 is 0 Å². The molecule has 7 rings (SSSR count). The highest BCUT2D eigenvalue weighted by molar-refractivity contribution is 5.91. The fourth-order valence-electron chi connectivity index (χ4n) is 6.73. The lowest BCUT2D eigenvalue weighted by molar-refractivity contribution is -0.597. The molecule has 0 aromatic heterocycles. The van der Waals surface area contributed by atoms with Crippen LogP contribution in [0.2, 0.25) is 0 Å². The highest BCUT2D eigenvalue weighted by Gasteiger charge is 2.57. The molecule has 4 aliphatic carbocycles. The Bertz CT molecular complexity index is 1260. The molecule has 0 heterocycles. The van der Waals surface area contributed by atoms with Crippen LogP contribution < -0.4 is 30.7 Å². The van der Waals surface area contributed by atoms with Crippen LogP contribution in [-0.4, -0.2) is 24.1 Å². The van der Waals surface area contributed by atoms with Crippen LogP contribution in [0.25, 0.3) is 0 Å². The first kappa shape index (κ1) is 25.4. The molecule has 196 valence electrons. The van der Waals surface area contributed by atoms with Crippen LogP contribution in [0.15, 0.2) is 78.9 Å². The Morgan fingerprint density at radius 2 is 1.34 bits per heavy atom. The third-order valence-electron chi connectivity index (χ3n) is 8.52. The summed E-state index contributed by atoms with van der Waals surface area (Å²) in [6, 6.07) is 24.8. The Morgan fingerprint density at radius 3 is 1.97 bits per heavy atom. The standard InChI is InChI=1S/C32H32IO5/c1-32(24-16-21-15-22(18-24)19-25(32)17-21)38-30(34)20-36-28-11-7-23(8-12-28)31(35)37-29-13-9-27(10-14-29)33-26-5-3-2-4-6-26/h2-14,21-22,24-25H,15-20H2,1H3/q+1. The minimum Gasteiger partial charge on any atom is -0.482 e. The minimum atomic E-state index is -0.434. The van der Waals surface area contributed by atoms with Gasteiger partial charge >= 0.3 is 33.1 Å². The fraction of sp³-hybridized carbons (Fsp3) is 0.375. The van der Waals surface area contributed by atoms with Crippen molar-refractivity contribution in [1.29, 1.82) is 0 Å². The number of ether oxygens (including phenoxy) is 3. The summed E-state index contributed by atoms with van der Waals surface area (Å²) in [6.45, 7) is 2.00. The average Bonchev–Trinajstić information content (AvgIpc) is 2.92. The molecule has 0 unspecified atom stereocenters. The second kappa shape index (κ2) is 10.7. The normalized spacial score (nSPS) is 27.1. The molecular formula is C32H32IO5+. The molecule has 0 saturated heterocycles. The Morgan fingerprint density at radius 1 is 0.763 bits per heavy atom. The molecule has 6 heteroatoms. The second-order valence-corrected chi connectivity index (χ2v) is 14.0. The SMILES string of the molecule is CC1(OC(=O)COc2ccc(C(=O)Oc3ccc([I+]c4ccccc4)cc3)cc2)C2CC3CC(C2)CC1C3. The molecule has 5 nitrogen and oxygen atoms in total. The molecule has 4 bridgehead atoms. The van der Waals surface area contributed by atoms with Crippen molar-refractivity contribution in [2.45, 2.75) is 44.6 Å². The molecule has 4 saturated carbocycles. The van der Waals surface area contributed by atoms with Gasteiger partial charge in [0.25, 0.3) is 0 Å². The Kier molecular flexibility index (Phi) is 7.16. The summed E-state index contributed by atoms with van der Waals surface area (Å²) in [5, 5.41) is 0. The minimum absolute atomic E-state index is 0.135. The first-order valence-corrected chi connectivity index (χ1v) is 15.6. The van der Waals surface area contributed by atoms with Crippen molar-refractivity contribution in [3.05, 3.63) is 91.6 Å². The second-order valence-electron chi connectivity index (χ2n) is 11.0. The molecule has 0 radical (unpaired) electrons. The van der Waals surface area contributed by atoms with E-state index in [1.54, 1.807) is 24.3 Å². The molecule has 0 amide bonds. The monoisotopic (exact) mass is 623 g/mol. The first-order chi connectivity index (χ1) is 18.4. The van der Waals surface area contributed by atoms with Gasteiger partial charge in [-0.2, -0.15) is 0 Å². The maximum Gasteiger partial charge on any atom is 0.357 e. The summed E-state index contributed by atoms with van der Waals surface area (Å²) in [5.41, 5.74) is 0.0602. The van der Waals surface area contributed by atoms with Crippen molar-refractivity contribution in [3.8, 4) is 11.5 Å². The van der Waals surface area contributed by atoms with Gasteiger partial charge in [0.2, 0.25) is 0 Å². The number of halogens is 1. The van der Waals surface area contributed by atoms with Crippen LogP contribution in [0.1, 0.15) is 49.4 Å². The van der Waals surface area contributed by atoms with E-state index in [4.69, 9.17) is 14.2 Å². The zero-order chi connectivity index (χ0) is 26.1. The van der Waals surface area contributed by atoms with E-state index in [-0.39, 0.29) is 39.4 Å². The molecule has 0 spiro atoms. The third-order valence-corrected chi connectivity index (χ3v) is 11.2. The molecule has 38 heavy (non-hydrogen) atoms. The van der Waals surface area contributed by atoms with Crippen molar-refractivity contribution >= 4 is 11.9 Å². The van der Waals surface area contributed by atoms with E-state index in [0.717, 1.165) is 11.8 Å². The third kappa shape index (κ3) is 5.46. The number of hydrogen-bond donors (Lipinski definition) is 0. The molecule has 0 N–H and O–H groups in total. The quantitative estimate of drug-likeness (QED) is 0.219. The van der Waals surface area contributed by atoms with Crippen LogP contribution in [0, 0.1) is 30.8 Å². The van der Waals surface area contributed by atoms with Gasteiger partial charge in [0.15, 0.2) is 13.7 Å². The maximum absolute atomic E-state index is 12.7. The highest BCUT2D eigenvalue weighted by atomic mass is 127. The summed E-state index contributed by atoms with van der Waals surface area (Å²) in [6.07, 6.45) is 6.12. The van der Waals surface area contributed by atoms with Crippen molar-refractivity contribution in [3.63, 3.8) is 0 Å². The number of rotatable bonds is 8. The number of carbonyl (C=O) groups is 2. The predicted molar refractivity (Wildman–Crippen MR) is 139 cm³/mol. The van der Waals surface area contributed by atoms with Gasteiger partial charge in [-0.1, -0.05) is 18.2 Å². The van der Waals surface area contributed by atoms with Gasteiger partial charge in [-0.05, 0) is 123 Å². The van der Waals surface area contributed by atoms with E-state index in [1.165, 1.54) is 39.2 Å². The van der Waals surface area contributed by atoms with Gasteiger partial charge < -0.3 is 14.2 Å². The molecule has 4 aliphatic rings. The molecule has 3 aromatic rings.